The van der Waals surface area contributed by atoms with Gasteiger partial charge in [-0.3, -0.25) is 33.9 Å². The van der Waals surface area contributed by atoms with Crippen LogP contribution in [0, 0.1) is 13.8 Å². The summed E-state index contributed by atoms with van der Waals surface area (Å²) in [6.07, 6.45) is 4.54. The molecule has 1 aromatic carbocycles. The summed E-state index contributed by atoms with van der Waals surface area (Å²) >= 11 is 36.5. The molecule has 0 bridgehead atoms. The first-order chi connectivity index (χ1) is 55.2. The molecule has 0 fully saturated rings. The average Bonchev–Trinajstić information content (AvgIpc) is 1.32. The van der Waals surface area contributed by atoms with Crippen molar-refractivity contribution in [2.45, 2.75) is 138 Å². The van der Waals surface area contributed by atoms with Crippen molar-refractivity contribution in [1.82, 2.24) is 39.9 Å². The van der Waals surface area contributed by atoms with E-state index in [1.54, 1.807) is 52.4 Å². The number of anilines is 2. The molecule has 27 nitrogen and oxygen atoms in total. The number of hydrogen-bond acceptors (Lipinski definition) is 30. The molecule has 0 amide bonds. The van der Waals surface area contributed by atoms with Crippen LogP contribution in [0.5, 0.6) is 0 Å². The Balaban J connectivity index is 0.00000132. The maximum absolute atomic E-state index is 12.7. The maximum Gasteiger partial charge on any atom is 0.417 e. The minimum Gasteiger partial charge on any atom is -0.477 e. The van der Waals surface area contributed by atoms with Crippen LogP contribution in [0.4, 0.5) is 38.0 Å². The third kappa shape index (κ3) is 47.6. The zero-order chi connectivity index (χ0) is 88.8. The number of thiocarbonyl (C=S) groups is 1. The number of hydrogen-bond donors (Lipinski definition) is 5. The van der Waals surface area contributed by atoms with Gasteiger partial charge in [-0.25, -0.2) is 44.3 Å². The molecular weight excluding hydrogens is 1750 g/mol. The van der Waals surface area contributed by atoms with Gasteiger partial charge in [0, 0.05) is 61.5 Å². The van der Waals surface area contributed by atoms with Crippen molar-refractivity contribution in [2.24, 2.45) is 11.5 Å². The van der Waals surface area contributed by atoms with Crippen molar-refractivity contribution in [3.8, 4) is 0 Å². The number of carboxylic acids is 1. The van der Waals surface area contributed by atoms with Crippen LogP contribution in [-0.4, -0.2) is 142 Å². The van der Waals surface area contributed by atoms with Gasteiger partial charge in [-0.05, 0) is 108 Å². The Morgan fingerprint density at radius 2 is 1.01 bits per heavy atom. The number of aromatic carboxylic acids is 1. The lowest BCUT2D eigenvalue weighted by atomic mass is 10.1. The first-order valence-electron chi connectivity index (χ1n) is 34.2. The summed E-state index contributed by atoms with van der Waals surface area (Å²) in [6, 6.07) is 16.6. The Labute approximate surface area is 716 Å². The zero-order valence-electron chi connectivity index (χ0n) is 64.3. The molecule has 117 heavy (non-hydrogen) atoms. The molecule has 1 atom stereocenters. The highest BCUT2D eigenvalue weighted by atomic mass is 35.5. The number of carbonyl (C=O) groups excluding carboxylic acids is 8. The number of carbonyl (C=O) groups is 9. The van der Waals surface area contributed by atoms with Crippen molar-refractivity contribution < 1.29 is 98.3 Å². The lowest BCUT2D eigenvalue weighted by Gasteiger charge is -2.09. The van der Waals surface area contributed by atoms with E-state index in [-0.39, 0.29) is 79.2 Å². The number of rotatable bonds is 25. The van der Waals surface area contributed by atoms with Gasteiger partial charge < -0.3 is 56.5 Å². The van der Waals surface area contributed by atoms with E-state index in [0.29, 0.717) is 98.2 Å². The molecule has 1 unspecified atom stereocenters. The number of aromatic nitrogens is 8. The number of thiazole rings is 4. The minimum atomic E-state index is -4.59. The van der Waals surface area contributed by atoms with Gasteiger partial charge in [-0.15, -0.1) is 68.5 Å². The predicted octanol–water partition coefficient (Wildman–Crippen LogP) is 16.3. The Morgan fingerprint density at radius 1 is 0.556 bits per heavy atom. The second-order valence-electron chi connectivity index (χ2n) is 21.8. The Hall–Kier alpha value is -9.35. The number of ether oxygens (including phenoxy) is 5. The Bertz CT molecular complexity index is 4400. The number of Topliss-reactive ketones (excluding diaryl/α,β-unsaturated/α-hetero) is 2. The number of carboxylic acid groups (broad SMARTS) is 1. The minimum absolute atomic E-state index is 0.000534. The number of nitrogens with zero attached hydrogens (tertiary/aromatic N) is 8. The molecule has 9 N–H and O–H groups in total. The quantitative estimate of drug-likeness (QED) is 0.00518. The number of aryl methyl sites for hydroxylation is 5. The van der Waals surface area contributed by atoms with Crippen LogP contribution < -0.4 is 22.9 Å². The second kappa shape index (κ2) is 60.2. The molecule has 0 aliphatic rings. The van der Waals surface area contributed by atoms with Crippen LogP contribution in [0.1, 0.15) is 159 Å². The number of pyridine rings is 4. The van der Waals surface area contributed by atoms with Crippen LogP contribution in [0.2, 0.25) is 15.1 Å². The molecule has 0 spiro atoms. The second-order valence-corrected chi connectivity index (χ2v) is 28.7. The van der Waals surface area contributed by atoms with Crippen LogP contribution in [0.25, 0.3) is 0 Å². The van der Waals surface area contributed by atoms with E-state index < -0.39 is 50.8 Å². The maximum atomic E-state index is 12.7. The topological polar surface area (TPSA) is 427 Å². The first-order valence-corrected chi connectivity index (χ1v) is 40.0. The molecule has 638 valence electrons. The standard InChI is InChI=1S/C13H10ClF3N2OS.C12H9ClF3N3OS.C11H13NO2S.C8H11NO2S.C6H7ClN2.C6H8N2.C6H7NO2S.C5H7ClO3.C4H7ClO2.C3H6O2/c1-2-12-19-6-11(21-12)10(20)4-7-3-8(13(15,16)17)9(14)5-18-7;13-8-4-18-6(1-7(8)12(14,15)16)2-9(20)10-5-19-11(3-17)21-10;12-10(15)6-7-11(13)14-8-9-4-2-1-3-5-9;1-3-7-9-5-6(12-7)8(10)11-4-2;1-4-2-6(8)9-3-5(4)7;1-5-2-3-8-6(7)4-5;1-2-5-7-3-4(10-5)6(8)9;1-2-9-5(8)4(6)3-7;1-2-7-4(6)3-5;1-2-5-3-4/h3,5-6H,2,4H2,1H3;1,4-5H,2-3,17H2;1-5H,6-8H2,(H2,12,15);5H,3-4H2,1-2H3;2-3H,1H3,(H2,8,9);2-4H,1H3,(H2,7,8);3H,2H2,1H3,(H,8,9);3-4H,2H2,1H3;2-3H2,1H3;3H,2H2,1H3. The van der Waals surface area contributed by atoms with Gasteiger partial charge in [0.05, 0.1) is 114 Å². The van der Waals surface area contributed by atoms with E-state index in [0.717, 1.165) is 80.4 Å². The molecule has 0 aliphatic heterocycles. The summed E-state index contributed by atoms with van der Waals surface area (Å²) in [6.45, 7) is 19.2. The summed E-state index contributed by atoms with van der Waals surface area (Å²) in [5.74, 6) is -2.10. The lowest BCUT2D eigenvalue weighted by Crippen LogP contribution is -2.18. The number of aldehydes is 1. The third-order valence-corrected chi connectivity index (χ3v) is 19.0. The van der Waals surface area contributed by atoms with Gasteiger partial charge in [0.2, 0.25) is 0 Å². The molecule has 8 aromatic heterocycles. The van der Waals surface area contributed by atoms with E-state index >= 15 is 0 Å². The zero-order valence-corrected chi connectivity index (χ0v) is 72.1. The van der Waals surface area contributed by atoms with Gasteiger partial charge in [0.15, 0.2) is 16.9 Å². The molecule has 0 aliphatic carbocycles. The van der Waals surface area contributed by atoms with Gasteiger partial charge in [0.25, 0.3) is 6.47 Å². The molecule has 0 radical (unpaired) electrons. The summed E-state index contributed by atoms with van der Waals surface area (Å²) in [5, 5.41) is 10.2. The van der Waals surface area contributed by atoms with E-state index in [2.05, 4.69) is 66.3 Å². The van der Waals surface area contributed by atoms with Crippen molar-refractivity contribution in [2.75, 3.05) is 43.8 Å². The highest BCUT2D eigenvalue weighted by Crippen LogP contribution is 2.36. The van der Waals surface area contributed by atoms with E-state index in [4.69, 9.17) is 95.5 Å². The van der Waals surface area contributed by atoms with Crippen molar-refractivity contribution >= 4 is 186 Å². The molecule has 9 aromatic rings. The monoisotopic (exact) mass is 1830 g/mol. The summed E-state index contributed by atoms with van der Waals surface area (Å²) < 4.78 is 99.2. The average molecular weight is 1830 g/mol. The molecule has 0 saturated heterocycles. The Morgan fingerprint density at radius 3 is 1.36 bits per heavy atom. The lowest BCUT2D eigenvalue weighted by molar-refractivity contribution is -0.145. The highest BCUT2D eigenvalue weighted by molar-refractivity contribution is 7.80. The summed E-state index contributed by atoms with van der Waals surface area (Å²) in [4.78, 5) is 129. The number of halogens is 11. The van der Waals surface area contributed by atoms with Gasteiger partial charge in [-0.2, -0.15) is 26.3 Å². The molecule has 9 rings (SSSR count). The van der Waals surface area contributed by atoms with Gasteiger partial charge in [0.1, 0.15) is 45.2 Å². The number of nitrogens with two attached hydrogens (primary N) is 4. The van der Waals surface area contributed by atoms with E-state index in [1.165, 1.54) is 52.6 Å². The van der Waals surface area contributed by atoms with Crippen LogP contribution in [-0.2, 0) is 105 Å². The number of ketones is 2. The number of alkyl halides is 8. The van der Waals surface area contributed by atoms with Gasteiger partial charge >= 0.3 is 42.2 Å². The van der Waals surface area contributed by atoms with Crippen molar-refractivity contribution in [3.05, 3.63) is 204 Å². The van der Waals surface area contributed by atoms with E-state index in [9.17, 15) is 69.5 Å². The molecule has 8 heterocycles. The number of esters is 4. The summed E-state index contributed by atoms with van der Waals surface area (Å²) in [5.41, 5.74) is 22.5. The molecule has 0 saturated carbocycles. The highest BCUT2D eigenvalue weighted by Gasteiger charge is 2.35. The van der Waals surface area contributed by atoms with Crippen LogP contribution in [0.3, 0.4) is 0 Å². The normalized spacial score (nSPS) is 10.3. The fraction of sp³-hybridized carbons (Fsp3) is 0.351. The Kier molecular flexibility index (Phi) is 55.4. The number of nitrogen functional groups attached to an aromatic ring is 2. The fourth-order valence-electron chi connectivity index (χ4n) is 7.28. The first kappa shape index (κ1) is 108. The van der Waals surface area contributed by atoms with Crippen LogP contribution in [0.15, 0.2) is 110 Å². The van der Waals surface area contributed by atoms with Gasteiger partial charge in [-0.1, -0.05) is 98.1 Å². The molecule has 43 heteroatoms. The predicted molar refractivity (Wildman–Crippen MR) is 443 cm³/mol. The van der Waals surface area contributed by atoms with E-state index in [1.807, 2.05) is 77.1 Å². The summed E-state index contributed by atoms with van der Waals surface area (Å²) in [7, 11) is 0. The largest absolute Gasteiger partial charge is 0.477 e. The van der Waals surface area contributed by atoms with Crippen LogP contribution >= 0.6 is 116 Å². The SMILES string of the molecule is CCOC(=O)C(Cl)C=O.CCOC(=O)CCl.CCOC(=O)c1cnc(CC)s1.CCOC=O.CCc1ncc(C(=O)Cc2cc(C(F)(F)F)c(Cl)cn2)s1.CCc1ncc(C(=O)O)s1.Cc1cc(N)ncc1Cl.Cc1ccnc(N)c1.NC(=S)CCC(=O)OCc1ccccc1.NCc1ncc(C(=O)Cc2cc(C(F)(F)F)c(Cl)cn2)s1. The third-order valence-electron chi connectivity index (χ3n) is 12.8. The fourth-order valence-corrected chi connectivity index (χ4v) is 11.0. The van der Waals surface area contributed by atoms with Crippen molar-refractivity contribution in [3.63, 3.8) is 0 Å². The number of benzene rings is 1. The van der Waals surface area contributed by atoms with Crippen molar-refractivity contribution in [1.29, 1.82) is 0 Å². The molecular formula is C74H85Cl5F6N12O15S5. The smallest absolute Gasteiger partial charge is 0.417 e.